The van der Waals surface area contributed by atoms with Crippen LogP contribution in [0.2, 0.25) is 0 Å². The number of rotatable bonds is 3. The van der Waals surface area contributed by atoms with Crippen molar-refractivity contribution < 1.29 is 4.79 Å². The average Bonchev–Trinajstić information content (AvgIpc) is 3.07. The first-order valence-corrected chi connectivity index (χ1v) is 6.43. The molecule has 0 saturated heterocycles. The summed E-state index contributed by atoms with van der Waals surface area (Å²) in [5.41, 5.74) is 3.46. The zero-order valence-corrected chi connectivity index (χ0v) is 10.2. The zero-order chi connectivity index (χ0) is 11.8. The number of fused-ring (bicyclic) bond motifs is 1. The molecule has 1 aliphatic carbocycles. The van der Waals surface area contributed by atoms with Crippen molar-refractivity contribution in [1.29, 1.82) is 0 Å². The maximum absolute atomic E-state index is 12.4. The first-order valence-electron chi connectivity index (χ1n) is 6.43. The number of benzene rings is 1. The lowest BCUT2D eigenvalue weighted by molar-refractivity contribution is 0.0752. The fraction of sp³-hybridized carbons (Fsp3) is 0.500. The molecule has 1 amide bonds. The second-order valence-corrected chi connectivity index (χ2v) is 4.91. The van der Waals surface area contributed by atoms with E-state index in [1.807, 2.05) is 11.0 Å². The molecule has 0 unspecified atom stereocenters. The van der Waals surface area contributed by atoms with Crippen molar-refractivity contribution in [2.45, 2.75) is 38.9 Å². The van der Waals surface area contributed by atoms with Gasteiger partial charge >= 0.3 is 0 Å². The summed E-state index contributed by atoms with van der Waals surface area (Å²) in [6.07, 6.45) is 2.35. The topological polar surface area (TPSA) is 32.3 Å². The van der Waals surface area contributed by atoms with Gasteiger partial charge in [0.25, 0.3) is 5.91 Å². The molecule has 3 nitrogen and oxygen atoms in total. The molecular formula is C14H18N2O. The number of carbonyl (C=O) groups is 1. The predicted octanol–water partition coefficient (Wildman–Crippen LogP) is 1.91. The van der Waals surface area contributed by atoms with Crippen molar-refractivity contribution in [1.82, 2.24) is 10.2 Å². The first-order chi connectivity index (χ1) is 8.29. The maximum Gasteiger partial charge on any atom is 0.254 e. The van der Waals surface area contributed by atoms with E-state index in [4.69, 9.17) is 0 Å². The van der Waals surface area contributed by atoms with Gasteiger partial charge in [0.05, 0.1) is 0 Å². The normalized spacial score (nSPS) is 17.9. The van der Waals surface area contributed by atoms with Crippen LogP contribution in [0.1, 0.15) is 41.3 Å². The monoisotopic (exact) mass is 230 g/mol. The van der Waals surface area contributed by atoms with E-state index in [-0.39, 0.29) is 5.91 Å². The molecule has 1 aliphatic heterocycles. The standard InChI is InChI=1S/C14H18N2O/c1-2-16(13-5-6-13)14(17)10-3-4-11-8-15-9-12(11)7-10/h3-4,7,13,15H,2,5-6,8-9H2,1H3. The van der Waals surface area contributed by atoms with E-state index in [9.17, 15) is 4.79 Å². The van der Waals surface area contributed by atoms with Gasteiger partial charge in [-0.1, -0.05) is 6.07 Å². The van der Waals surface area contributed by atoms with Gasteiger partial charge in [0.2, 0.25) is 0 Å². The van der Waals surface area contributed by atoms with E-state index < -0.39 is 0 Å². The summed E-state index contributed by atoms with van der Waals surface area (Å²) in [5.74, 6) is 0.199. The molecule has 1 heterocycles. The van der Waals surface area contributed by atoms with Gasteiger partial charge in [-0.2, -0.15) is 0 Å². The Morgan fingerprint density at radius 2 is 2.12 bits per heavy atom. The summed E-state index contributed by atoms with van der Waals surface area (Å²) in [4.78, 5) is 14.4. The maximum atomic E-state index is 12.4. The summed E-state index contributed by atoms with van der Waals surface area (Å²) in [5, 5.41) is 3.31. The molecule has 3 rings (SSSR count). The van der Waals surface area contributed by atoms with Gasteiger partial charge in [0.15, 0.2) is 0 Å². The largest absolute Gasteiger partial charge is 0.336 e. The molecule has 0 spiro atoms. The molecule has 0 radical (unpaired) electrons. The number of nitrogens with zero attached hydrogens (tertiary/aromatic N) is 1. The van der Waals surface area contributed by atoms with Crippen LogP contribution >= 0.6 is 0 Å². The minimum Gasteiger partial charge on any atom is -0.336 e. The number of amides is 1. The molecule has 1 aromatic rings. The fourth-order valence-electron chi connectivity index (χ4n) is 2.55. The van der Waals surface area contributed by atoms with Gasteiger partial charge in [-0.15, -0.1) is 0 Å². The second-order valence-electron chi connectivity index (χ2n) is 4.91. The quantitative estimate of drug-likeness (QED) is 0.860. The molecule has 2 aliphatic rings. The van der Waals surface area contributed by atoms with Crippen molar-refractivity contribution in [3.05, 3.63) is 34.9 Å². The van der Waals surface area contributed by atoms with Crippen LogP contribution in [0.3, 0.4) is 0 Å². The van der Waals surface area contributed by atoms with E-state index in [0.29, 0.717) is 6.04 Å². The predicted molar refractivity (Wildman–Crippen MR) is 66.7 cm³/mol. The number of hydrogen-bond acceptors (Lipinski definition) is 2. The van der Waals surface area contributed by atoms with Crippen LogP contribution in [-0.2, 0) is 13.1 Å². The van der Waals surface area contributed by atoms with E-state index in [1.54, 1.807) is 0 Å². The van der Waals surface area contributed by atoms with Crippen molar-refractivity contribution in [2.75, 3.05) is 6.54 Å². The van der Waals surface area contributed by atoms with Crippen molar-refractivity contribution in [3.8, 4) is 0 Å². The van der Waals surface area contributed by atoms with Gasteiger partial charge in [-0.25, -0.2) is 0 Å². The Morgan fingerprint density at radius 3 is 2.82 bits per heavy atom. The lowest BCUT2D eigenvalue weighted by Gasteiger charge is -2.20. The minimum atomic E-state index is 0.199. The molecule has 3 heteroatoms. The smallest absolute Gasteiger partial charge is 0.254 e. The zero-order valence-electron chi connectivity index (χ0n) is 10.2. The van der Waals surface area contributed by atoms with Gasteiger partial charge in [0, 0.05) is 31.2 Å². The summed E-state index contributed by atoms with van der Waals surface area (Å²) in [6.45, 7) is 4.71. The molecular weight excluding hydrogens is 212 g/mol. The molecule has 1 saturated carbocycles. The van der Waals surface area contributed by atoms with E-state index in [1.165, 1.54) is 24.0 Å². The second kappa shape index (κ2) is 4.15. The minimum absolute atomic E-state index is 0.199. The van der Waals surface area contributed by atoms with E-state index in [2.05, 4.69) is 24.4 Å². The van der Waals surface area contributed by atoms with Crippen LogP contribution < -0.4 is 5.32 Å². The average molecular weight is 230 g/mol. The van der Waals surface area contributed by atoms with Crippen LogP contribution in [-0.4, -0.2) is 23.4 Å². The number of hydrogen-bond donors (Lipinski definition) is 1. The molecule has 0 atom stereocenters. The van der Waals surface area contributed by atoms with Crippen molar-refractivity contribution in [2.24, 2.45) is 0 Å². The highest BCUT2D eigenvalue weighted by Gasteiger charge is 2.32. The number of carbonyl (C=O) groups excluding carboxylic acids is 1. The Labute approximate surface area is 102 Å². The van der Waals surface area contributed by atoms with Crippen LogP contribution in [0.4, 0.5) is 0 Å². The summed E-state index contributed by atoms with van der Waals surface area (Å²) >= 11 is 0. The van der Waals surface area contributed by atoms with Crippen molar-refractivity contribution >= 4 is 5.91 Å². The van der Waals surface area contributed by atoms with Crippen LogP contribution in [0.25, 0.3) is 0 Å². The molecule has 0 bridgehead atoms. The van der Waals surface area contributed by atoms with Gasteiger partial charge in [-0.3, -0.25) is 4.79 Å². The van der Waals surface area contributed by atoms with Gasteiger partial charge in [0.1, 0.15) is 0 Å². The Bertz CT molecular complexity index is 452. The molecule has 17 heavy (non-hydrogen) atoms. The van der Waals surface area contributed by atoms with Crippen LogP contribution in [0.5, 0.6) is 0 Å². The summed E-state index contributed by atoms with van der Waals surface area (Å²) in [6, 6.07) is 6.62. The molecule has 1 aromatic carbocycles. The molecule has 90 valence electrons. The highest BCUT2D eigenvalue weighted by atomic mass is 16.2. The van der Waals surface area contributed by atoms with Gasteiger partial charge < -0.3 is 10.2 Å². The third kappa shape index (κ3) is 1.95. The van der Waals surface area contributed by atoms with E-state index >= 15 is 0 Å². The highest BCUT2D eigenvalue weighted by molar-refractivity contribution is 5.95. The highest BCUT2D eigenvalue weighted by Crippen LogP contribution is 2.28. The van der Waals surface area contributed by atoms with Crippen LogP contribution in [0.15, 0.2) is 18.2 Å². The Kier molecular flexibility index (Phi) is 2.63. The summed E-state index contributed by atoms with van der Waals surface area (Å²) in [7, 11) is 0. The van der Waals surface area contributed by atoms with Crippen molar-refractivity contribution in [3.63, 3.8) is 0 Å². The lowest BCUT2D eigenvalue weighted by atomic mass is 10.1. The van der Waals surface area contributed by atoms with Crippen LogP contribution in [0, 0.1) is 0 Å². The fourth-order valence-corrected chi connectivity index (χ4v) is 2.55. The molecule has 0 aromatic heterocycles. The molecule has 1 fully saturated rings. The molecule has 1 N–H and O–H groups in total. The SMILES string of the molecule is CCN(C(=O)c1ccc2c(c1)CNC2)C1CC1. The lowest BCUT2D eigenvalue weighted by Crippen LogP contribution is -2.32. The van der Waals surface area contributed by atoms with E-state index in [0.717, 1.165) is 25.2 Å². The first kappa shape index (κ1) is 10.8. The van der Waals surface area contributed by atoms with Gasteiger partial charge in [-0.05, 0) is 43.0 Å². The Balaban J connectivity index is 1.85. The Morgan fingerprint density at radius 1 is 1.35 bits per heavy atom. The number of nitrogens with one attached hydrogen (secondary N) is 1. The third-order valence-corrected chi connectivity index (χ3v) is 3.67. The third-order valence-electron chi connectivity index (χ3n) is 3.67. The Hall–Kier alpha value is -1.35. The summed E-state index contributed by atoms with van der Waals surface area (Å²) < 4.78 is 0.